The number of hydrogen-bond donors (Lipinski definition) is 2. The van der Waals surface area contributed by atoms with Gasteiger partial charge in [0.15, 0.2) is 0 Å². The molecule has 2 aromatic carbocycles. The van der Waals surface area contributed by atoms with Crippen LogP contribution in [-0.2, 0) is 6.42 Å². The highest BCUT2D eigenvalue weighted by atomic mass is 35.5. The summed E-state index contributed by atoms with van der Waals surface area (Å²) in [6.07, 6.45) is 0.910. The number of benzene rings is 2. The molecule has 0 atom stereocenters. The molecule has 0 aromatic heterocycles. The second-order valence-corrected chi connectivity index (χ2v) is 5.03. The van der Waals surface area contributed by atoms with Crippen LogP contribution in [0.4, 0.5) is 15.8 Å². The average Bonchev–Trinajstić information content (AvgIpc) is 2.89. The maximum atomic E-state index is 13.0. The first kappa shape index (κ1) is 12.9. The van der Waals surface area contributed by atoms with Crippen LogP contribution in [0.5, 0.6) is 0 Å². The molecule has 0 fully saturated rings. The molecule has 102 valence electrons. The molecule has 5 heteroatoms. The summed E-state index contributed by atoms with van der Waals surface area (Å²) in [4.78, 5) is 12.2. The molecule has 20 heavy (non-hydrogen) atoms. The quantitative estimate of drug-likeness (QED) is 0.885. The van der Waals surface area contributed by atoms with Crippen molar-refractivity contribution in [1.82, 2.24) is 0 Å². The minimum Gasteiger partial charge on any atom is -0.384 e. The highest BCUT2D eigenvalue weighted by Crippen LogP contribution is 2.25. The van der Waals surface area contributed by atoms with E-state index in [2.05, 4.69) is 10.6 Å². The van der Waals surface area contributed by atoms with Gasteiger partial charge in [-0.25, -0.2) is 4.39 Å². The number of carbonyl (C=O) groups is 1. The fraction of sp³-hybridized carbons (Fsp3) is 0.133. The number of amides is 1. The molecule has 0 bridgehead atoms. The fourth-order valence-corrected chi connectivity index (χ4v) is 2.45. The summed E-state index contributed by atoms with van der Waals surface area (Å²) >= 11 is 5.89. The van der Waals surface area contributed by atoms with Gasteiger partial charge in [0.1, 0.15) is 5.82 Å². The molecule has 2 N–H and O–H groups in total. The van der Waals surface area contributed by atoms with Gasteiger partial charge in [-0.1, -0.05) is 11.6 Å². The van der Waals surface area contributed by atoms with Crippen molar-refractivity contribution in [2.24, 2.45) is 0 Å². The second kappa shape index (κ2) is 5.13. The number of carbonyl (C=O) groups excluding carboxylic acids is 1. The summed E-state index contributed by atoms with van der Waals surface area (Å²) in [5.74, 6) is -0.690. The highest BCUT2D eigenvalue weighted by Gasteiger charge is 2.14. The van der Waals surface area contributed by atoms with E-state index in [9.17, 15) is 9.18 Å². The van der Waals surface area contributed by atoms with E-state index in [1.165, 1.54) is 18.2 Å². The van der Waals surface area contributed by atoms with E-state index in [1.54, 1.807) is 6.07 Å². The van der Waals surface area contributed by atoms with Gasteiger partial charge in [0, 0.05) is 17.8 Å². The Balaban J connectivity index is 1.82. The third kappa shape index (κ3) is 2.47. The summed E-state index contributed by atoms with van der Waals surface area (Å²) in [7, 11) is 0. The van der Waals surface area contributed by atoms with Gasteiger partial charge in [-0.2, -0.15) is 0 Å². The number of nitrogens with one attached hydrogen (secondary N) is 2. The number of halogens is 2. The maximum absolute atomic E-state index is 13.0. The Bertz CT molecular complexity index is 688. The number of fused-ring (bicyclic) bond motifs is 1. The number of hydrogen-bond acceptors (Lipinski definition) is 2. The van der Waals surface area contributed by atoms with Gasteiger partial charge in [0.25, 0.3) is 5.91 Å². The second-order valence-electron chi connectivity index (χ2n) is 4.63. The number of rotatable bonds is 2. The van der Waals surface area contributed by atoms with Gasteiger partial charge in [0.2, 0.25) is 0 Å². The SMILES string of the molecule is O=C(Nc1ccc(F)cc1Cl)c1ccc2c(c1)CCN2. The summed E-state index contributed by atoms with van der Waals surface area (Å²) < 4.78 is 13.0. The van der Waals surface area contributed by atoms with E-state index in [-0.39, 0.29) is 10.9 Å². The monoisotopic (exact) mass is 290 g/mol. The van der Waals surface area contributed by atoms with Crippen LogP contribution in [0.3, 0.4) is 0 Å². The molecular weight excluding hydrogens is 279 g/mol. The van der Waals surface area contributed by atoms with Crippen LogP contribution in [0.1, 0.15) is 15.9 Å². The van der Waals surface area contributed by atoms with Crippen molar-refractivity contribution in [1.29, 1.82) is 0 Å². The molecule has 1 aliphatic heterocycles. The van der Waals surface area contributed by atoms with Crippen molar-refractivity contribution in [3.8, 4) is 0 Å². The third-order valence-electron chi connectivity index (χ3n) is 3.26. The third-order valence-corrected chi connectivity index (χ3v) is 3.57. The molecule has 0 saturated heterocycles. The molecular formula is C15H12ClFN2O. The zero-order valence-electron chi connectivity index (χ0n) is 10.5. The minimum atomic E-state index is -0.434. The molecule has 0 saturated carbocycles. The largest absolute Gasteiger partial charge is 0.384 e. The van der Waals surface area contributed by atoms with Crippen molar-refractivity contribution in [3.05, 3.63) is 58.4 Å². The summed E-state index contributed by atoms with van der Waals surface area (Å²) in [6, 6.07) is 9.39. The lowest BCUT2D eigenvalue weighted by atomic mass is 10.1. The van der Waals surface area contributed by atoms with Gasteiger partial charge < -0.3 is 10.6 Å². The Kier molecular flexibility index (Phi) is 3.32. The van der Waals surface area contributed by atoms with Crippen LogP contribution < -0.4 is 10.6 Å². The summed E-state index contributed by atoms with van der Waals surface area (Å²) in [5.41, 5.74) is 3.16. The Morgan fingerprint density at radius 3 is 2.90 bits per heavy atom. The lowest BCUT2D eigenvalue weighted by Crippen LogP contribution is -2.12. The van der Waals surface area contributed by atoms with Crippen molar-refractivity contribution in [2.45, 2.75) is 6.42 Å². The normalized spacial score (nSPS) is 12.7. The Morgan fingerprint density at radius 1 is 1.25 bits per heavy atom. The van der Waals surface area contributed by atoms with Crippen molar-refractivity contribution >= 4 is 28.9 Å². The number of anilines is 2. The van der Waals surface area contributed by atoms with Gasteiger partial charge >= 0.3 is 0 Å². The first-order valence-corrected chi connectivity index (χ1v) is 6.64. The molecule has 0 aliphatic carbocycles. The zero-order valence-corrected chi connectivity index (χ0v) is 11.3. The predicted octanol–water partition coefficient (Wildman–Crippen LogP) is 3.70. The van der Waals surface area contributed by atoms with Crippen LogP contribution in [0.25, 0.3) is 0 Å². The first-order valence-electron chi connectivity index (χ1n) is 6.27. The van der Waals surface area contributed by atoms with Crippen molar-refractivity contribution < 1.29 is 9.18 Å². The van der Waals surface area contributed by atoms with E-state index in [4.69, 9.17) is 11.6 Å². The molecule has 1 aliphatic rings. The topological polar surface area (TPSA) is 41.1 Å². The van der Waals surface area contributed by atoms with Crippen LogP contribution in [-0.4, -0.2) is 12.5 Å². The predicted molar refractivity (Wildman–Crippen MR) is 78.0 cm³/mol. The Labute approximate surface area is 120 Å². The van der Waals surface area contributed by atoms with Gasteiger partial charge in [-0.15, -0.1) is 0 Å². The van der Waals surface area contributed by atoms with Crippen LogP contribution in [0.2, 0.25) is 5.02 Å². The van der Waals surface area contributed by atoms with E-state index in [0.29, 0.717) is 11.3 Å². The molecule has 2 aromatic rings. The summed E-state index contributed by atoms with van der Waals surface area (Å²) in [6.45, 7) is 0.893. The Hall–Kier alpha value is -2.07. The van der Waals surface area contributed by atoms with Crippen molar-refractivity contribution in [2.75, 3.05) is 17.2 Å². The van der Waals surface area contributed by atoms with Crippen LogP contribution >= 0.6 is 11.6 Å². The fourth-order valence-electron chi connectivity index (χ4n) is 2.23. The molecule has 0 unspecified atom stereocenters. The summed E-state index contributed by atoms with van der Waals surface area (Å²) in [5, 5.41) is 6.11. The molecule has 3 rings (SSSR count). The van der Waals surface area contributed by atoms with Gasteiger partial charge in [0.05, 0.1) is 10.7 Å². The highest BCUT2D eigenvalue weighted by molar-refractivity contribution is 6.33. The first-order chi connectivity index (χ1) is 9.63. The minimum absolute atomic E-state index is 0.182. The van der Waals surface area contributed by atoms with Crippen LogP contribution in [0.15, 0.2) is 36.4 Å². The van der Waals surface area contributed by atoms with Crippen molar-refractivity contribution in [3.63, 3.8) is 0 Å². The van der Waals surface area contributed by atoms with E-state index in [0.717, 1.165) is 24.2 Å². The van der Waals surface area contributed by atoms with E-state index >= 15 is 0 Å². The van der Waals surface area contributed by atoms with Crippen LogP contribution in [0, 0.1) is 5.82 Å². The lowest BCUT2D eigenvalue weighted by Gasteiger charge is -2.08. The molecule has 1 heterocycles. The standard InChI is InChI=1S/C15H12ClFN2O/c16-12-8-11(17)2-4-14(12)19-15(20)10-1-3-13-9(7-10)5-6-18-13/h1-4,7-8,18H,5-6H2,(H,19,20). The van der Waals surface area contributed by atoms with E-state index < -0.39 is 5.82 Å². The lowest BCUT2D eigenvalue weighted by molar-refractivity contribution is 0.102. The molecule has 0 radical (unpaired) electrons. The van der Waals surface area contributed by atoms with Gasteiger partial charge in [-0.3, -0.25) is 4.79 Å². The van der Waals surface area contributed by atoms with Gasteiger partial charge in [-0.05, 0) is 48.4 Å². The molecule has 0 spiro atoms. The zero-order chi connectivity index (χ0) is 14.1. The van der Waals surface area contributed by atoms with E-state index in [1.807, 2.05) is 12.1 Å². The maximum Gasteiger partial charge on any atom is 0.255 e. The molecule has 3 nitrogen and oxygen atoms in total. The smallest absolute Gasteiger partial charge is 0.255 e. The molecule has 1 amide bonds. The Morgan fingerprint density at radius 2 is 2.10 bits per heavy atom. The average molecular weight is 291 g/mol.